The summed E-state index contributed by atoms with van der Waals surface area (Å²) in [7, 11) is 0. The highest BCUT2D eigenvalue weighted by molar-refractivity contribution is 4.83. The van der Waals surface area contributed by atoms with Crippen molar-refractivity contribution in [2.24, 2.45) is 0 Å². The first-order valence-electron chi connectivity index (χ1n) is 3.79. The molecule has 1 spiro atoms. The molecule has 2 heterocycles. The molecule has 4 heteroatoms. The topological polar surface area (TPSA) is 36.9 Å². The molecule has 0 unspecified atom stereocenters. The molecule has 0 aromatic carbocycles. The average Bonchev–Trinajstić information content (AvgIpc) is 2.07. The van der Waals surface area contributed by atoms with Crippen molar-refractivity contribution >= 4 is 0 Å². The second-order valence-electron chi connectivity index (χ2n) is 2.92. The minimum Gasteiger partial charge on any atom is -0.355 e. The van der Waals surface area contributed by atoms with Crippen molar-refractivity contribution < 1.29 is 18.9 Å². The number of hydrogen-bond donors (Lipinski definition) is 0. The van der Waals surface area contributed by atoms with Crippen molar-refractivity contribution in [3.8, 4) is 0 Å². The Bertz CT molecular complexity index is 105. The lowest BCUT2D eigenvalue weighted by Gasteiger charge is -2.38. The Hall–Kier alpha value is -0.160. The maximum absolute atomic E-state index is 5.43. The van der Waals surface area contributed by atoms with Crippen molar-refractivity contribution in [1.29, 1.82) is 0 Å². The summed E-state index contributed by atoms with van der Waals surface area (Å²) in [6.07, 6.45) is 0.868. The van der Waals surface area contributed by atoms with Gasteiger partial charge in [-0.05, 0) is 0 Å². The van der Waals surface area contributed by atoms with Gasteiger partial charge in [-0.1, -0.05) is 0 Å². The maximum Gasteiger partial charge on any atom is 0.147 e. The van der Waals surface area contributed by atoms with Crippen LogP contribution in [0.1, 0.15) is 6.42 Å². The van der Waals surface area contributed by atoms with Crippen molar-refractivity contribution in [2.45, 2.75) is 12.0 Å². The minimum atomic E-state index is -0.212. The number of rotatable bonds is 0. The van der Waals surface area contributed by atoms with Crippen LogP contribution in [0.4, 0.5) is 0 Å². The first kappa shape index (κ1) is 7.49. The van der Waals surface area contributed by atoms with Crippen LogP contribution in [0.5, 0.6) is 0 Å². The summed E-state index contributed by atoms with van der Waals surface area (Å²) in [5.41, 5.74) is -0.212. The summed E-state index contributed by atoms with van der Waals surface area (Å²) < 4.78 is 20.8. The van der Waals surface area contributed by atoms with Gasteiger partial charge >= 0.3 is 0 Å². The van der Waals surface area contributed by atoms with Gasteiger partial charge in [-0.2, -0.15) is 0 Å². The van der Waals surface area contributed by atoms with Crippen molar-refractivity contribution in [3.63, 3.8) is 0 Å². The third-order valence-electron chi connectivity index (χ3n) is 2.05. The fourth-order valence-corrected chi connectivity index (χ4v) is 1.34. The monoisotopic (exact) mass is 160 g/mol. The van der Waals surface area contributed by atoms with Gasteiger partial charge in [0.15, 0.2) is 0 Å². The van der Waals surface area contributed by atoms with Gasteiger partial charge in [0.1, 0.15) is 19.2 Å². The van der Waals surface area contributed by atoms with E-state index in [2.05, 4.69) is 0 Å². The summed E-state index contributed by atoms with van der Waals surface area (Å²) in [6, 6.07) is 0. The van der Waals surface area contributed by atoms with E-state index in [9.17, 15) is 0 Å². The molecule has 2 saturated heterocycles. The Kier molecular flexibility index (Phi) is 2.09. The van der Waals surface area contributed by atoms with E-state index in [4.69, 9.17) is 18.9 Å². The molecule has 2 fully saturated rings. The minimum absolute atomic E-state index is 0.212. The molecule has 0 aromatic rings. The lowest BCUT2D eigenvalue weighted by Crippen LogP contribution is -2.50. The molecule has 0 bridgehead atoms. The molecule has 2 aliphatic rings. The van der Waals surface area contributed by atoms with Crippen LogP contribution in [0.15, 0.2) is 0 Å². The highest BCUT2D eigenvalue weighted by Gasteiger charge is 2.36. The summed E-state index contributed by atoms with van der Waals surface area (Å²) in [6.45, 7) is 2.78. The van der Waals surface area contributed by atoms with Gasteiger partial charge < -0.3 is 18.9 Å². The molecule has 0 saturated carbocycles. The van der Waals surface area contributed by atoms with Gasteiger partial charge in [0.2, 0.25) is 0 Å². The van der Waals surface area contributed by atoms with Crippen molar-refractivity contribution in [3.05, 3.63) is 0 Å². The van der Waals surface area contributed by atoms with Crippen molar-refractivity contribution in [2.75, 3.05) is 33.4 Å². The van der Waals surface area contributed by atoms with Crippen LogP contribution in [0.3, 0.4) is 0 Å². The molecule has 2 rings (SSSR count). The molecule has 64 valence electrons. The zero-order chi connectivity index (χ0) is 7.57. The van der Waals surface area contributed by atoms with E-state index in [1.54, 1.807) is 0 Å². The molecule has 2 aliphatic heterocycles. The molecule has 0 atom stereocenters. The highest BCUT2D eigenvalue weighted by Crippen LogP contribution is 2.24. The number of ether oxygens (including phenoxy) is 4. The van der Waals surface area contributed by atoms with E-state index in [1.165, 1.54) is 0 Å². The predicted octanol–water partition coefficient (Wildman–Crippen LogP) is 0.124. The van der Waals surface area contributed by atoms with Crippen LogP contribution < -0.4 is 0 Å². The fourth-order valence-electron chi connectivity index (χ4n) is 1.34. The van der Waals surface area contributed by atoms with Crippen LogP contribution in [-0.4, -0.2) is 39.0 Å². The molecule has 0 radical (unpaired) electrons. The summed E-state index contributed by atoms with van der Waals surface area (Å²) in [5.74, 6) is 0. The van der Waals surface area contributed by atoms with Gasteiger partial charge in [0.05, 0.1) is 19.8 Å². The third-order valence-corrected chi connectivity index (χ3v) is 2.05. The van der Waals surface area contributed by atoms with Crippen molar-refractivity contribution in [1.82, 2.24) is 0 Å². The molecule has 0 aliphatic carbocycles. The Balaban J connectivity index is 1.94. The van der Waals surface area contributed by atoms with E-state index in [0.29, 0.717) is 26.8 Å². The highest BCUT2D eigenvalue weighted by atomic mass is 16.7. The van der Waals surface area contributed by atoms with E-state index < -0.39 is 0 Å². The maximum atomic E-state index is 5.43. The molecule has 4 nitrogen and oxygen atoms in total. The van der Waals surface area contributed by atoms with E-state index >= 15 is 0 Å². The number of hydrogen-bond acceptors (Lipinski definition) is 4. The molecule has 11 heavy (non-hydrogen) atoms. The smallest absolute Gasteiger partial charge is 0.147 e. The largest absolute Gasteiger partial charge is 0.355 e. The van der Waals surface area contributed by atoms with Crippen LogP contribution in [0.25, 0.3) is 0 Å². The SMILES string of the molecule is C1CC2(COCOC2)OCO1. The fraction of sp³-hybridized carbons (Fsp3) is 1.00. The summed E-state index contributed by atoms with van der Waals surface area (Å²) in [4.78, 5) is 0. The lowest BCUT2D eigenvalue weighted by molar-refractivity contribution is -0.274. The quantitative estimate of drug-likeness (QED) is 0.504. The van der Waals surface area contributed by atoms with Crippen LogP contribution in [-0.2, 0) is 18.9 Å². The lowest BCUT2D eigenvalue weighted by atomic mass is 10.0. The molecule has 0 aromatic heterocycles. The second-order valence-corrected chi connectivity index (χ2v) is 2.92. The average molecular weight is 160 g/mol. The Morgan fingerprint density at radius 1 is 0.909 bits per heavy atom. The molecule has 0 amide bonds. The molecule has 0 N–H and O–H groups in total. The zero-order valence-electron chi connectivity index (χ0n) is 6.38. The van der Waals surface area contributed by atoms with Crippen LogP contribution >= 0.6 is 0 Å². The molecular formula is C7H12O4. The first-order chi connectivity index (χ1) is 5.41. The van der Waals surface area contributed by atoms with Crippen LogP contribution in [0, 0.1) is 0 Å². The Labute approximate surface area is 65.4 Å². The van der Waals surface area contributed by atoms with Gasteiger partial charge in [-0.3, -0.25) is 0 Å². The van der Waals surface area contributed by atoms with Gasteiger partial charge in [-0.25, -0.2) is 0 Å². The molecular weight excluding hydrogens is 148 g/mol. The van der Waals surface area contributed by atoms with E-state index in [1.807, 2.05) is 0 Å². The standard InChI is InChI=1S/C7H12O4/c1-2-8-6-11-7(1)3-9-5-10-4-7/h1-6H2. The Morgan fingerprint density at radius 2 is 1.73 bits per heavy atom. The van der Waals surface area contributed by atoms with E-state index in [0.717, 1.165) is 13.0 Å². The van der Waals surface area contributed by atoms with Gasteiger partial charge in [0.25, 0.3) is 0 Å². The summed E-state index contributed by atoms with van der Waals surface area (Å²) in [5, 5.41) is 0. The van der Waals surface area contributed by atoms with Crippen LogP contribution in [0.2, 0.25) is 0 Å². The van der Waals surface area contributed by atoms with E-state index in [-0.39, 0.29) is 5.60 Å². The summed E-state index contributed by atoms with van der Waals surface area (Å²) >= 11 is 0. The third kappa shape index (κ3) is 1.54. The Morgan fingerprint density at radius 3 is 2.36 bits per heavy atom. The normalized spacial score (nSPS) is 30.5. The second kappa shape index (κ2) is 3.06. The zero-order valence-corrected chi connectivity index (χ0v) is 6.38. The predicted molar refractivity (Wildman–Crippen MR) is 36.0 cm³/mol. The van der Waals surface area contributed by atoms with Gasteiger partial charge in [-0.15, -0.1) is 0 Å². The van der Waals surface area contributed by atoms with Gasteiger partial charge in [0, 0.05) is 6.42 Å². The first-order valence-corrected chi connectivity index (χ1v) is 3.79.